The molecule has 10 heteroatoms. The maximum Gasteiger partial charge on any atom is 0.285 e. The number of benzene rings is 2. The number of carbonyl (C=O) groups excluding carboxylic acids is 1. The molecule has 4 rings (SSSR count). The minimum atomic E-state index is -3.18. The quantitative estimate of drug-likeness (QED) is 0.678. The van der Waals surface area contributed by atoms with Crippen LogP contribution in [0, 0.1) is 0 Å². The lowest BCUT2D eigenvalue weighted by atomic mass is 10.2. The summed E-state index contributed by atoms with van der Waals surface area (Å²) >= 11 is 14.0. The molecule has 0 bridgehead atoms. The van der Waals surface area contributed by atoms with E-state index >= 15 is 0 Å². The van der Waals surface area contributed by atoms with Crippen molar-refractivity contribution in [2.24, 2.45) is 4.99 Å². The van der Waals surface area contributed by atoms with E-state index in [-0.39, 0.29) is 29.4 Å². The minimum absolute atomic E-state index is 0.0225. The lowest BCUT2D eigenvalue weighted by Crippen LogP contribution is -2.38. The predicted octanol–water partition coefficient (Wildman–Crippen LogP) is 3.67. The summed E-state index contributed by atoms with van der Waals surface area (Å²) in [5, 5.41) is 0.868. The van der Waals surface area contributed by atoms with Crippen LogP contribution in [0.4, 0.5) is 5.69 Å². The molecule has 2 saturated heterocycles. The fraction of sp³-hybridized carbons (Fsp3) is 0.263. The number of halogens is 2. The third-order valence-electron chi connectivity index (χ3n) is 4.57. The molecular formula is C19H16Cl2N2O4S2. The van der Waals surface area contributed by atoms with E-state index in [1.165, 1.54) is 11.8 Å². The number of sulfone groups is 1. The van der Waals surface area contributed by atoms with Crippen molar-refractivity contribution < 1.29 is 17.9 Å². The number of nitrogens with zero attached hydrogens (tertiary/aromatic N) is 2. The number of amides is 1. The van der Waals surface area contributed by atoms with Crippen LogP contribution in [0.15, 0.2) is 53.5 Å². The van der Waals surface area contributed by atoms with Crippen LogP contribution in [0.25, 0.3) is 0 Å². The summed E-state index contributed by atoms with van der Waals surface area (Å²) in [5.74, 6) is 0.0654. The molecule has 2 heterocycles. The number of aliphatic imine (C=N–C) groups is 1. The standard InChI is InChI=1S/C19H16Cl2N2O4S2/c20-13-7-4-8-14(21)18(13)23-15-10-29(25,26)11-16(15)28-19(23)22-17(24)9-27-12-5-2-1-3-6-12/h1-8,15-16H,9-11H2/t15-,16-/m0/s1. The second-order valence-electron chi connectivity index (χ2n) is 6.63. The maximum atomic E-state index is 12.4. The van der Waals surface area contributed by atoms with Crippen molar-refractivity contribution in [3.8, 4) is 5.75 Å². The third-order valence-corrected chi connectivity index (χ3v) is 8.39. The Morgan fingerprint density at radius 2 is 1.79 bits per heavy atom. The van der Waals surface area contributed by atoms with Crippen molar-refractivity contribution in [3.63, 3.8) is 0 Å². The first-order valence-corrected chi connectivity index (χ1v) is 12.2. The first-order valence-electron chi connectivity index (χ1n) is 8.74. The molecule has 6 nitrogen and oxygen atoms in total. The molecule has 29 heavy (non-hydrogen) atoms. The van der Waals surface area contributed by atoms with Crippen molar-refractivity contribution in [1.29, 1.82) is 0 Å². The van der Waals surface area contributed by atoms with Crippen LogP contribution < -0.4 is 9.64 Å². The molecule has 2 aliphatic heterocycles. The number of hydrogen-bond donors (Lipinski definition) is 0. The minimum Gasteiger partial charge on any atom is -0.484 e. The normalized spacial score (nSPS) is 23.9. The van der Waals surface area contributed by atoms with E-state index in [1.54, 1.807) is 47.4 Å². The Bertz CT molecular complexity index is 1060. The first kappa shape index (κ1) is 20.5. The SMILES string of the molecule is O=C(COc1ccccc1)N=C1S[C@H]2CS(=O)(=O)C[C@@H]2N1c1c(Cl)cccc1Cl. The van der Waals surface area contributed by atoms with Crippen LogP contribution in [-0.2, 0) is 14.6 Å². The topological polar surface area (TPSA) is 76.0 Å². The third kappa shape index (κ3) is 4.40. The van der Waals surface area contributed by atoms with Crippen LogP contribution in [0.5, 0.6) is 5.75 Å². The summed E-state index contributed by atoms with van der Waals surface area (Å²) in [6.45, 7) is -0.230. The summed E-state index contributed by atoms with van der Waals surface area (Å²) < 4.78 is 29.8. The molecule has 2 fully saturated rings. The lowest BCUT2D eigenvalue weighted by Gasteiger charge is -2.26. The molecule has 0 aromatic heterocycles. The van der Waals surface area contributed by atoms with Crippen molar-refractivity contribution >= 4 is 61.6 Å². The number of anilines is 1. The van der Waals surface area contributed by atoms with Gasteiger partial charge in [0, 0.05) is 5.25 Å². The second kappa shape index (κ2) is 8.18. The van der Waals surface area contributed by atoms with Gasteiger partial charge in [-0.25, -0.2) is 8.42 Å². The number of hydrogen-bond acceptors (Lipinski definition) is 5. The average molecular weight is 471 g/mol. The van der Waals surface area contributed by atoms with Gasteiger partial charge in [-0.3, -0.25) is 4.79 Å². The zero-order chi connectivity index (χ0) is 20.6. The van der Waals surface area contributed by atoms with E-state index in [1.807, 2.05) is 6.07 Å². The summed E-state index contributed by atoms with van der Waals surface area (Å²) in [7, 11) is -3.18. The molecule has 0 radical (unpaired) electrons. The highest BCUT2D eigenvalue weighted by Gasteiger charge is 2.50. The number of fused-ring (bicyclic) bond motifs is 1. The van der Waals surface area contributed by atoms with Gasteiger partial charge in [0.25, 0.3) is 5.91 Å². The molecule has 0 N–H and O–H groups in total. The van der Waals surface area contributed by atoms with E-state index in [4.69, 9.17) is 27.9 Å². The fourth-order valence-electron chi connectivity index (χ4n) is 3.35. The summed E-state index contributed by atoms with van der Waals surface area (Å²) in [5.41, 5.74) is 0.462. The molecule has 2 aliphatic rings. The van der Waals surface area contributed by atoms with Crippen molar-refractivity contribution in [1.82, 2.24) is 0 Å². The highest BCUT2D eigenvalue weighted by molar-refractivity contribution is 8.16. The van der Waals surface area contributed by atoms with E-state index in [0.717, 1.165) is 0 Å². The van der Waals surface area contributed by atoms with E-state index in [2.05, 4.69) is 4.99 Å². The van der Waals surface area contributed by atoms with Crippen LogP contribution in [0.2, 0.25) is 10.0 Å². The number of ether oxygens (including phenoxy) is 1. The molecule has 2 atom stereocenters. The smallest absolute Gasteiger partial charge is 0.285 e. The number of amidine groups is 1. The van der Waals surface area contributed by atoms with Gasteiger partial charge in [0.15, 0.2) is 21.6 Å². The Morgan fingerprint density at radius 1 is 1.10 bits per heavy atom. The van der Waals surface area contributed by atoms with Gasteiger partial charge in [0.1, 0.15) is 5.75 Å². The molecule has 1 amide bonds. The number of para-hydroxylation sites is 2. The van der Waals surface area contributed by atoms with Gasteiger partial charge in [-0.05, 0) is 24.3 Å². The highest BCUT2D eigenvalue weighted by Crippen LogP contribution is 2.45. The van der Waals surface area contributed by atoms with Gasteiger partial charge in [-0.2, -0.15) is 4.99 Å². The number of thioether (sulfide) groups is 1. The van der Waals surface area contributed by atoms with E-state index in [0.29, 0.717) is 26.6 Å². The first-order chi connectivity index (χ1) is 13.8. The van der Waals surface area contributed by atoms with Gasteiger partial charge < -0.3 is 9.64 Å². The maximum absolute atomic E-state index is 12.4. The van der Waals surface area contributed by atoms with Gasteiger partial charge in [0.2, 0.25) is 0 Å². The van der Waals surface area contributed by atoms with Crippen LogP contribution >= 0.6 is 35.0 Å². The summed E-state index contributed by atoms with van der Waals surface area (Å²) in [6.07, 6.45) is 0. The van der Waals surface area contributed by atoms with Crippen LogP contribution in [0.1, 0.15) is 0 Å². The monoisotopic (exact) mass is 470 g/mol. The Labute approximate surface area is 182 Å². The second-order valence-corrected chi connectivity index (χ2v) is 10.8. The predicted molar refractivity (Wildman–Crippen MR) is 117 cm³/mol. The largest absolute Gasteiger partial charge is 0.484 e. The van der Waals surface area contributed by atoms with Gasteiger partial charge in [-0.1, -0.05) is 59.2 Å². The Hall–Kier alpha value is -1.74. The molecule has 2 aromatic carbocycles. The van der Waals surface area contributed by atoms with Crippen molar-refractivity contribution in [3.05, 3.63) is 58.6 Å². The summed E-state index contributed by atoms with van der Waals surface area (Å²) in [4.78, 5) is 18.3. The fourth-order valence-corrected chi connectivity index (χ4v) is 7.84. The Morgan fingerprint density at radius 3 is 2.48 bits per heavy atom. The van der Waals surface area contributed by atoms with Gasteiger partial charge in [-0.15, -0.1) is 0 Å². The van der Waals surface area contributed by atoms with Crippen molar-refractivity contribution in [2.45, 2.75) is 11.3 Å². The zero-order valence-electron chi connectivity index (χ0n) is 15.0. The van der Waals surface area contributed by atoms with Gasteiger partial charge >= 0.3 is 0 Å². The van der Waals surface area contributed by atoms with E-state index < -0.39 is 15.7 Å². The molecule has 0 saturated carbocycles. The number of rotatable bonds is 4. The summed E-state index contributed by atoms with van der Waals surface area (Å²) in [6, 6.07) is 13.6. The Kier molecular flexibility index (Phi) is 5.79. The van der Waals surface area contributed by atoms with E-state index in [9.17, 15) is 13.2 Å². The molecule has 0 aliphatic carbocycles. The number of carbonyl (C=O) groups is 1. The molecule has 2 aromatic rings. The van der Waals surface area contributed by atoms with Crippen molar-refractivity contribution in [2.75, 3.05) is 23.0 Å². The Balaban J connectivity index is 1.63. The molecule has 0 spiro atoms. The molecular weight excluding hydrogens is 455 g/mol. The van der Waals surface area contributed by atoms with Crippen LogP contribution in [-0.4, -0.2) is 48.9 Å². The zero-order valence-corrected chi connectivity index (χ0v) is 18.1. The average Bonchev–Trinajstić information content (AvgIpc) is 3.13. The lowest BCUT2D eigenvalue weighted by molar-refractivity contribution is -0.119. The van der Waals surface area contributed by atoms with Crippen LogP contribution in [0.3, 0.4) is 0 Å². The van der Waals surface area contributed by atoms with Gasteiger partial charge in [0.05, 0.1) is 33.3 Å². The highest BCUT2D eigenvalue weighted by atomic mass is 35.5. The molecule has 152 valence electrons. The molecule has 0 unspecified atom stereocenters.